The fourth-order valence-electron chi connectivity index (χ4n) is 4.19. The van der Waals surface area contributed by atoms with Crippen LogP contribution in [-0.4, -0.2) is 58.5 Å². The Hall–Kier alpha value is -1.88. The van der Waals surface area contributed by atoms with Gasteiger partial charge in [-0.3, -0.25) is 4.79 Å². The van der Waals surface area contributed by atoms with Crippen molar-refractivity contribution in [1.82, 2.24) is 18.0 Å². The zero-order chi connectivity index (χ0) is 20.7. The van der Waals surface area contributed by atoms with Gasteiger partial charge in [0, 0.05) is 31.1 Å². The molecule has 1 saturated heterocycles. The standard InChI is InChI=1S/C20H22N4O3S3/c25-20(17-13-14-5-2-1-3-7-16(14)28-17)23-9-11-24(12-10-23)30(26,27)18-8-4-6-15-19(18)22-29-21-15/h4,6,8,13H,1-3,5,7,9-12H2. The molecule has 1 aromatic carbocycles. The van der Waals surface area contributed by atoms with E-state index in [1.54, 1.807) is 34.4 Å². The summed E-state index contributed by atoms with van der Waals surface area (Å²) in [6.07, 6.45) is 5.76. The van der Waals surface area contributed by atoms with Gasteiger partial charge in [0.1, 0.15) is 15.9 Å². The van der Waals surface area contributed by atoms with Gasteiger partial charge in [-0.05, 0) is 49.4 Å². The van der Waals surface area contributed by atoms with E-state index in [4.69, 9.17) is 0 Å². The van der Waals surface area contributed by atoms with E-state index in [2.05, 4.69) is 14.8 Å². The highest BCUT2D eigenvalue weighted by molar-refractivity contribution is 7.89. The van der Waals surface area contributed by atoms with Crippen LogP contribution >= 0.6 is 23.1 Å². The highest BCUT2D eigenvalue weighted by Crippen LogP contribution is 2.30. The minimum absolute atomic E-state index is 0.0240. The zero-order valence-electron chi connectivity index (χ0n) is 16.4. The number of fused-ring (bicyclic) bond motifs is 2. The zero-order valence-corrected chi connectivity index (χ0v) is 18.9. The first-order valence-corrected chi connectivity index (χ1v) is 13.1. The monoisotopic (exact) mass is 462 g/mol. The Morgan fingerprint density at radius 2 is 1.80 bits per heavy atom. The molecule has 3 aromatic rings. The molecule has 0 saturated carbocycles. The predicted molar refractivity (Wildman–Crippen MR) is 118 cm³/mol. The van der Waals surface area contributed by atoms with E-state index >= 15 is 0 Å². The quantitative estimate of drug-likeness (QED) is 0.558. The van der Waals surface area contributed by atoms with Crippen LogP contribution in [0.3, 0.4) is 0 Å². The van der Waals surface area contributed by atoms with Crippen LogP contribution < -0.4 is 0 Å². The third-order valence-corrected chi connectivity index (χ3v) is 9.55. The number of amides is 1. The molecule has 1 fully saturated rings. The second-order valence-electron chi connectivity index (χ2n) is 7.70. The number of carbonyl (C=O) groups excluding carboxylic acids is 1. The summed E-state index contributed by atoms with van der Waals surface area (Å²) in [5, 5.41) is 0. The molecule has 0 spiro atoms. The lowest BCUT2D eigenvalue weighted by atomic mass is 10.1. The molecular formula is C20H22N4O3S3. The third kappa shape index (κ3) is 3.55. The molecule has 1 amide bonds. The molecule has 30 heavy (non-hydrogen) atoms. The van der Waals surface area contributed by atoms with Gasteiger partial charge in [0.2, 0.25) is 10.0 Å². The van der Waals surface area contributed by atoms with Crippen LogP contribution in [0, 0.1) is 0 Å². The van der Waals surface area contributed by atoms with Crippen LogP contribution in [0.25, 0.3) is 11.0 Å². The van der Waals surface area contributed by atoms with E-state index in [0.29, 0.717) is 24.1 Å². The Bertz CT molecular complexity index is 1170. The average molecular weight is 463 g/mol. The van der Waals surface area contributed by atoms with E-state index < -0.39 is 10.0 Å². The number of aromatic nitrogens is 2. The fraction of sp³-hybridized carbons (Fsp3) is 0.450. The Kier molecular flexibility index (Phi) is 5.34. The molecule has 2 aliphatic rings. The van der Waals surface area contributed by atoms with Crippen molar-refractivity contribution in [2.75, 3.05) is 26.2 Å². The Labute approximate surface area is 183 Å². The van der Waals surface area contributed by atoms with Gasteiger partial charge in [0.15, 0.2) is 0 Å². The molecule has 2 aromatic heterocycles. The Morgan fingerprint density at radius 1 is 1.00 bits per heavy atom. The molecule has 7 nitrogen and oxygen atoms in total. The van der Waals surface area contributed by atoms with E-state index in [0.717, 1.165) is 29.4 Å². The molecule has 1 aliphatic heterocycles. The maximum absolute atomic E-state index is 13.2. The number of aryl methyl sites for hydroxylation is 2. The van der Waals surface area contributed by atoms with Crippen molar-refractivity contribution in [3.8, 4) is 0 Å². The second kappa shape index (κ2) is 7.99. The summed E-state index contributed by atoms with van der Waals surface area (Å²) in [4.78, 5) is 17.1. The van der Waals surface area contributed by atoms with Gasteiger partial charge in [0.25, 0.3) is 5.91 Å². The molecule has 0 radical (unpaired) electrons. The maximum Gasteiger partial charge on any atom is 0.264 e. The van der Waals surface area contributed by atoms with Gasteiger partial charge in [0.05, 0.1) is 16.6 Å². The van der Waals surface area contributed by atoms with Crippen LogP contribution in [0.1, 0.15) is 39.4 Å². The molecule has 3 heterocycles. The largest absolute Gasteiger partial charge is 0.335 e. The van der Waals surface area contributed by atoms with Crippen molar-refractivity contribution in [2.45, 2.75) is 37.0 Å². The summed E-state index contributed by atoms with van der Waals surface area (Å²) in [6.45, 7) is 1.36. The van der Waals surface area contributed by atoms with E-state index in [-0.39, 0.29) is 23.9 Å². The van der Waals surface area contributed by atoms with Crippen molar-refractivity contribution in [2.24, 2.45) is 0 Å². The lowest BCUT2D eigenvalue weighted by Gasteiger charge is -2.33. The number of carbonyl (C=O) groups is 1. The second-order valence-corrected chi connectivity index (χ2v) is 11.3. The molecule has 0 N–H and O–H groups in total. The van der Waals surface area contributed by atoms with Crippen molar-refractivity contribution in [1.29, 1.82) is 0 Å². The maximum atomic E-state index is 13.2. The molecule has 5 rings (SSSR count). The number of thiophene rings is 1. The lowest BCUT2D eigenvalue weighted by Crippen LogP contribution is -2.50. The topological polar surface area (TPSA) is 83.5 Å². The van der Waals surface area contributed by atoms with Crippen molar-refractivity contribution in [3.63, 3.8) is 0 Å². The molecular weight excluding hydrogens is 440 g/mol. The number of hydrogen-bond donors (Lipinski definition) is 0. The normalized spacial score (nSPS) is 18.3. The van der Waals surface area contributed by atoms with Crippen LogP contribution in [0.2, 0.25) is 0 Å². The number of piperazine rings is 1. The minimum atomic E-state index is -3.68. The summed E-state index contributed by atoms with van der Waals surface area (Å²) >= 11 is 2.63. The lowest BCUT2D eigenvalue weighted by molar-refractivity contribution is 0.0702. The number of rotatable bonds is 3. The summed E-state index contributed by atoms with van der Waals surface area (Å²) in [5.41, 5.74) is 2.33. The van der Waals surface area contributed by atoms with Gasteiger partial charge >= 0.3 is 0 Å². The van der Waals surface area contributed by atoms with Gasteiger partial charge in [-0.2, -0.15) is 13.1 Å². The van der Waals surface area contributed by atoms with E-state index in [1.807, 2.05) is 0 Å². The summed E-state index contributed by atoms with van der Waals surface area (Å²) < 4.78 is 36.1. The Balaban J connectivity index is 1.30. The molecule has 0 bridgehead atoms. The summed E-state index contributed by atoms with van der Waals surface area (Å²) in [5.74, 6) is 0.0240. The first kappa shape index (κ1) is 20.0. The molecule has 0 atom stereocenters. The molecule has 0 unspecified atom stereocenters. The SMILES string of the molecule is O=C(c1cc2c(s1)CCCCC2)N1CCN(S(=O)(=O)c2cccc3nsnc23)CC1. The van der Waals surface area contributed by atoms with Crippen molar-refractivity contribution >= 4 is 50.0 Å². The van der Waals surface area contributed by atoms with Gasteiger partial charge in [-0.1, -0.05) is 12.5 Å². The third-order valence-electron chi connectivity index (χ3n) is 5.85. The first-order chi connectivity index (χ1) is 14.5. The van der Waals surface area contributed by atoms with Crippen LogP contribution in [-0.2, 0) is 22.9 Å². The fourth-order valence-corrected chi connectivity index (χ4v) is 7.59. The van der Waals surface area contributed by atoms with Crippen LogP contribution in [0.5, 0.6) is 0 Å². The van der Waals surface area contributed by atoms with Crippen molar-refractivity contribution < 1.29 is 13.2 Å². The highest BCUT2D eigenvalue weighted by Gasteiger charge is 2.32. The number of hydrogen-bond acceptors (Lipinski definition) is 7. The predicted octanol–water partition coefficient (Wildman–Crippen LogP) is 3.17. The van der Waals surface area contributed by atoms with Gasteiger partial charge in [-0.15, -0.1) is 11.3 Å². The number of benzene rings is 1. The Morgan fingerprint density at radius 3 is 2.63 bits per heavy atom. The van der Waals surface area contributed by atoms with Gasteiger partial charge < -0.3 is 4.90 Å². The average Bonchev–Trinajstić information content (AvgIpc) is 3.35. The smallest absolute Gasteiger partial charge is 0.264 e. The number of sulfonamides is 1. The van der Waals surface area contributed by atoms with Crippen LogP contribution in [0.15, 0.2) is 29.2 Å². The van der Waals surface area contributed by atoms with E-state index in [1.165, 1.54) is 34.0 Å². The van der Waals surface area contributed by atoms with Crippen molar-refractivity contribution in [3.05, 3.63) is 39.6 Å². The first-order valence-electron chi connectivity index (χ1n) is 10.2. The van der Waals surface area contributed by atoms with E-state index in [9.17, 15) is 13.2 Å². The minimum Gasteiger partial charge on any atom is -0.335 e. The highest BCUT2D eigenvalue weighted by atomic mass is 32.2. The number of nitrogens with zero attached hydrogens (tertiary/aromatic N) is 4. The summed E-state index contributed by atoms with van der Waals surface area (Å²) in [7, 11) is -3.68. The molecule has 158 valence electrons. The molecule has 1 aliphatic carbocycles. The van der Waals surface area contributed by atoms with Crippen LogP contribution in [0.4, 0.5) is 0 Å². The summed E-state index contributed by atoms with van der Waals surface area (Å²) in [6, 6.07) is 7.09. The molecule has 10 heteroatoms. The van der Waals surface area contributed by atoms with Gasteiger partial charge in [-0.25, -0.2) is 8.42 Å².